The van der Waals surface area contributed by atoms with Gasteiger partial charge in [-0.25, -0.2) is 18.1 Å². The molecule has 20 heavy (non-hydrogen) atoms. The third-order valence-electron chi connectivity index (χ3n) is 2.43. The number of aryl methyl sites for hydroxylation is 1. The summed E-state index contributed by atoms with van der Waals surface area (Å²) < 4.78 is 31.6. The molecule has 0 fully saturated rings. The van der Waals surface area contributed by atoms with Crippen LogP contribution in [-0.2, 0) is 10.0 Å². The summed E-state index contributed by atoms with van der Waals surface area (Å²) in [5.74, 6) is 0.229. The molecule has 0 aliphatic rings. The van der Waals surface area contributed by atoms with Gasteiger partial charge in [0.2, 0.25) is 11.8 Å². The molecule has 7 nitrogen and oxygen atoms in total. The van der Waals surface area contributed by atoms with Gasteiger partial charge in [-0.3, -0.25) is 0 Å². The van der Waals surface area contributed by atoms with E-state index in [2.05, 4.69) is 14.7 Å². The standard InChI is InChI=1S/C12H14N4O3S/c1-8-6-11(19-2)15-12(14-8)16-20(17,18)10-5-3-4-9(13)7-10/h3-7H,13H2,1-2H3,(H,14,15,16). The molecule has 1 aromatic carbocycles. The smallest absolute Gasteiger partial charge is 0.264 e. The van der Waals surface area contributed by atoms with Crippen molar-refractivity contribution in [1.29, 1.82) is 0 Å². The first-order valence-corrected chi connectivity index (χ1v) is 7.17. The van der Waals surface area contributed by atoms with Gasteiger partial charge in [0.1, 0.15) is 0 Å². The van der Waals surface area contributed by atoms with Crippen LogP contribution in [0.15, 0.2) is 35.2 Å². The van der Waals surface area contributed by atoms with Crippen molar-refractivity contribution in [3.63, 3.8) is 0 Å². The van der Waals surface area contributed by atoms with Gasteiger partial charge in [0, 0.05) is 17.4 Å². The molecule has 2 aromatic rings. The molecule has 8 heteroatoms. The number of ether oxygens (including phenoxy) is 1. The number of aromatic nitrogens is 2. The fourth-order valence-electron chi connectivity index (χ4n) is 1.55. The zero-order chi connectivity index (χ0) is 14.8. The van der Waals surface area contributed by atoms with Crippen molar-refractivity contribution in [2.75, 3.05) is 17.6 Å². The van der Waals surface area contributed by atoms with Crippen LogP contribution < -0.4 is 15.2 Å². The monoisotopic (exact) mass is 294 g/mol. The number of benzene rings is 1. The Morgan fingerprint density at radius 2 is 2.00 bits per heavy atom. The van der Waals surface area contributed by atoms with Crippen LogP contribution >= 0.6 is 0 Å². The summed E-state index contributed by atoms with van der Waals surface area (Å²) in [6.45, 7) is 1.71. The Balaban J connectivity index is 2.35. The molecule has 0 radical (unpaired) electrons. The third-order valence-corrected chi connectivity index (χ3v) is 3.76. The number of methoxy groups -OCH3 is 1. The first-order valence-electron chi connectivity index (χ1n) is 5.69. The Morgan fingerprint density at radius 1 is 1.25 bits per heavy atom. The number of anilines is 2. The van der Waals surface area contributed by atoms with Crippen LogP contribution in [0.2, 0.25) is 0 Å². The number of nitrogens with zero attached hydrogens (tertiary/aromatic N) is 2. The molecule has 0 saturated heterocycles. The van der Waals surface area contributed by atoms with Gasteiger partial charge in [0.15, 0.2) is 0 Å². The molecule has 106 valence electrons. The molecule has 1 aromatic heterocycles. The number of hydrogen-bond acceptors (Lipinski definition) is 6. The van der Waals surface area contributed by atoms with E-state index in [0.29, 0.717) is 11.4 Å². The summed E-state index contributed by atoms with van der Waals surface area (Å²) in [6.07, 6.45) is 0. The number of nitrogens with one attached hydrogen (secondary N) is 1. The highest BCUT2D eigenvalue weighted by Crippen LogP contribution is 2.17. The molecule has 1 heterocycles. The maximum atomic E-state index is 12.2. The van der Waals surface area contributed by atoms with E-state index >= 15 is 0 Å². The summed E-state index contributed by atoms with van der Waals surface area (Å²) >= 11 is 0. The van der Waals surface area contributed by atoms with Gasteiger partial charge in [-0.05, 0) is 25.1 Å². The lowest BCUT2D eigenvalue weighted by Crippen LogP contribution is -2.15. The van der Waals surface area contributed by atoms with Gasteiger partial charge >= 0.3 is 0 Å². The molecular formula is C12H14N4O3S. The summed E-state index contributed by atoms with van der Waals surface area (Å²) in [6, 6.07) is 7.55. The number of rotatable bonds is 4. The lowest BCUT2D eigenvalue weighted by molar-refractivity contribution is 0.397. The summed E-state index contributed by atoms with van der Waals surface area (Å²) in [5.41, 5.74) is 6.52. The summed E-state index contributed by atoms with van der Waals surface area (Å²) in [7, 11) is -2.35. The van der Waals surface area contributed by atoms with E-state index in [1.54, 1.807) is 25.1 Å². The Bertz CT molecular complexity index is 731. The SMILES string of the molecule is COc1cc(C)nc(NS(=O)(=O)c2cccc(N)c2)n1. The maximum Gasteiger partial charge on any atom is 0.264 e. The number of nitrogen functional groups attached to an aromatic ring is 1. The van der Waals surface area contributed by atoms with Crippen molar-refractivity contribution >= 4 is 21.7 Å². The molecule has 0 aliphatic carbocycles. The van der Waals surface area contributed by atoms with Crippen molar-refractivity contribution in [1.82, 2.24) is 9.97 Å². The van der Waals surface area contributed by atoms with Gasteiger partial charge in [-0.15, -0.1) is 0 Å². The zero-order valence-corrected chi connectivity index (χ0v) is 11.8. The van der Waals surface area contributed by atoms with E-state index in [0.717, 1.165) is 0 Å². The van der Waals surface area contributed by atoms with Crippen molar-refractivity contribution < 1.29 is 13.2 Å². The van der Waals surface area contributed by atoms with Crippen molar-refractivity contribution in [3.8, 4) is 5.88 Å². The molecule has 0 amide bonds. The molecule has 0 bridgehead atoms. The second kappa shape index (κ2) is 5.33. The molecule has 0 spiro atoms. The van der Waals surface area contributed by atoms with E-state index in [-0.39, 0.29) is 16.7 Å². The van der Waals surface area contributed by atoms with E-state index in [9.17, 15) is 8.42 Å². The largest absolute Gasteiger partial charge is 0.481 e. The second-order valence-corrected chi connectivity index (χ2v) is 5.74. The number of nitrogens with two attached hydrogens (primary N) is 1. The van der Waals surface area contributed by atoms with Crippen LogP contribution in [-0.4, -0.2) is 25.5 Å². The van der Waals surface area contributed by atoms with Crippen molar-refractivity contribution in [3.05, 3.63) is 36.0 Å². The Kier molecular flexibility index (Phi) is 3.75. The van der Waals surface area contributed by atoms with Crippen LogP contribution in [0, 0.1) is 6.92 Å². The van der Waals surface area contributed by atoms with Gasteiger partial charge < -0.3 is 10.5 Å². The first kappa shape index (κ1) is 14.1. The highest BCUT2D eigenvalue weighted by Gasteiger charge is 2.16. The third kappa shape index (κ3) is 3.15. The minimum atomic E-state index is -3.79. The lowest BCUT2D eigenvalue weighted by Gasteiger charge is -2.08. The van der Waals surface area contributed by atoms with Crippen LogP contribution in [0.4, 0.5) is 11.6 Å². The minimum absolute atomic E-state index is 0.0431. The van der Waals surface area contributed by atoms with Gasteiger partial charge in [-0.2, -0.15) is 4.98 Å². The molecule has 3 N–H and O–H groups in total. The van der Waals surface area contributed by atoms with Crippen molar-refractivity contribution in [2.45, 2.75) is 11.8 Å². The lowest BCUT2D eigenvalue weighted by atomic mass is 10.3. The predicted molar refractivity (Wildman–Crippen MR) is 75.0 cm³/mol. The second-order valence-electron chi connectivity index (χ2n) is 4.05. The van der Waals surface area contributed by atoms with Crippen molar-refractivity contribution in [2.24, 2.45) is 0 Å². The van der Waals surface area contributed by atoms with Crippen LogP contribution in [0.1, 0.15) is 5.69 Å². The molecule has 0 atom stereocenters. The summed E-state index contributed by atoms with van der Waals surface area (Å²) in [5, 5.41) is 0. The minimum Gasteiger partial charge on any atom is -0.481 e. The van der Waals surface area contributed by atoms with Gasteiger partial charge in [0.05, 0.1) is 12.0 Å². The highest BCUT2D eigenvalue weighted by atomic mass is 32.2. The van der Waals surface area contributed by atoms with E-state index in [4.69, 9.17) is 10.5 Å². The van der Waals surface area contributed by atoms with Crippen LogP contribution in [0.3, 0.4) is 0 Å². The average molecular weight is 294 g/mol. The Hall–Kier alpha value is -2.35. The number of sulfonamides is 1. The quantitative estimate of drug-likeness (QED) is 0.820. The van der Waals surface area contributed by atoms with Gasteiger partial charge in [0.25, 0.3) is 10.0 Å². The normalized spacial score (nSPS) is 11.1. The Labute approximate surface area is 116 Å². The molecular weight excluding hydrogens is 280 g/mol. The van der Waals surface area contributed by atoms with Crippen LogP contribution in [0.25, 0.3) is 0 Å². The van der Waals surface area contributed by atoms with E-state index in [1.807, 2.05) is 0 Å². The summed E-state index contributed by atoms with van der Waals surface area (Å²) in [4.78, 5) is 7.98. The predicted octanol–water partition coefficient (Wildman–Crippen LogP) is 1.18. The average Bonchev–Trinajstić information content (AvgIpc) is 2.37. The zero-order valence-electron chi connectivity index (χ0n) is 11.0. The van der Waals surface area contributed by atoms with Crippen LogP contribution in [0.5, 0.6) is 5.88 Å². The maximum absolute atomic E-state index is 12.2. The topological polar surface area (TPSA) is 107 Å². The Morgan fingerprint density at radius 3 is 2.65 bits per heavy atom. The fourth-order valence-corrected chi connectivity index (χ4v) is 2.55. The molecule has 0 unspecified atom stereocenters. The molecule has 0 saturated carbocycles. The molecule has 0 aliphatic heterocycles. The van der Waals surface area contributed by atoms with E-state index in [1.165, 1.54) is 19.2 Å². The van der Waals surface area contributed by atoms with E-state index < -0.39 is 10.0 Å². The highest BCUT2D eigenvalue weighted by molar-refractivity contribution is 7.92. The number of hydrogen-bond donors (Lipinski definition) is 2. The van der Waals surface area contributed by atoms with Gasteiger partial charge in [-0.1, -0.05) is 6.07 Å². The molecule has 2 rings (SSSR count). The first-order chi connectivity index (χ1) is 9.40. The fraction of sp³-hybridized carbons (Fsp3) is 0.167.